The smallest absolute Gasteiger partial charge is 0.255 e. The molecule has 7 heteroatoms. The monoisotopic (exact) mass is 575 g/mol. The first kappa shape index (κ1) is 27.8. The van der Waals surface area contributed by atoms with Gasteiger partial charge in [-0.15, -0.1) is 0 Å². The summed E-state index contributed by atoms with van der Waals surface area (Å²) in [6.45, 7) is 2.17. The van der Waals surface area contributed by atoms with Crippen LogP contribution in [0.4, 0.5) is 0 Å². The number of hydrogen-bond donors (Lipinski definition) is 3. The highest BCUT2D eigenvalue weighted by Crippen LogP contribution is 2.60. The van der Waals surface area contributed by atoms with E-state index in [0.717, 1.165) is 35.3 Å². The van der Waals surface area contributed by atoms with Crippen molar-refractivity contribution < 1.29 is 19.8 Å². The zero-order valence-electron chi connectivity index (χ0n) is 24.3. The first-order valence-electron chi connectivity index (χ1n) is 15.5. The van der Waals surface area contributed by atoms with Gasteiger partial charge in [-0.3, -0.25) is 14.5 Å². The molecule has 4 aliphatic rings. The van der Waals surface area contributed by atoms with Crippen molar-refractivity contribution >= 4 is 11.7 Å². The molecule has 3 N–H and O–H groups in total. The predicted molar refractivity (Wildman–Crippen MR) is 163 cm³/mol. The highest BCUT2D eigenvalue weighted by atomic mass is 16.3. The summed E-state index contributed by atoms with van der Waals surface area (Å²) in [5.41, 5.74) is 3.59. The molecule has 3 aromatic carbocycles. The fourth-order valence-electron chi connectivity index (χ4n) is 8.05. The van der Waals surface area contributed by atoms with Crippen molar-refractivity contribution in [1.82, 2.24) is 10.2 Å². The summed E-state index contributed by atoms with van der Waals surface area (Å²) in [4.78, 5) is 28.7. The molecular weight excluding hydrogens is 538 g/mol. The minimum Gasteiger partial charge on any atom is -0.507 e. The fourth-order valence-corrected chi connectivity index (χ4v) is 8.05. The lowest BCUT2D eigenvalue weighted by molar-refractivity contribution is -0.173. The van der Waals surface area contributed by atoms with E-state index in [1.807, 2.05) is 42.5 Å². The second-order valence-corrected chi connectivity index (χ2v) is 13.0. The van der Waals surface area contributed by atoms with Crippen molar-refractivity contribution in [3.63, 3.8) is 0 Å². The third kappa shape index (κ3) is 4.74. The average Bonchev–Trinajstić information content (AvgIpc) is 3.83. The third-order valence-corrected chi connectivity index (χ3v) is 10.5. The van der Waals surface area contributed by atoms with E-state index in [0.29, 0.717) is 55.7 Å². The van der Waals surface area contributed by atoms with Gasteiger partial charge < -0.3 is 15.5 Å². The van der Waals surface area contributed by atoms with Crippen molar-refractivity contribution in [3.05, 3.63) is 88.5 Å². The van der Waals surface area contributed by atoms with Crippen molar-refractivity contribution in [3.8, 4) is 22.9 Å². The molecule has 0 aromatic heterocycles. The Labute approximate surface area is 252 Å². The number of fused-ring (bicyclic) bond motifs is 1. The summed E-state index contributed by atoms with van der Waals surface area (Å²) in [5, 5.41) is 36.0. The molecule has 1 aliphatic heterocycles. The summed E-state index contributed by atoms with van der Waals surface area (Å²) in [6.07, 6.45) is 5.29. The van der Waals surface area contributed by atoms with Gasteiger partial charge in [0.25, 0.3) is 5.91 Å². The number of benzene rings is 3. The Bertz CT molecular complexity index is 1620. The number of Topliss-reactive ketones (excluding diaryl/α,β-unsaturated/α-hetero) is 1. The van der Waals surface area contributed by atoms with Crippen molar-refractivity contribution in [2.75, 3.05) is 19.6 Å². The number of ketones is 1. The molecule has 0 radical (unpaired) electrons. The molecule has 1 heterocycles. The number of rotatable bonds is 7. The van der Waals surface area contributed by atoms with Gasteiger partial charge >= 0.3 is 0 Å². The molecule has 1 amide bonds. The summed E-state index contributed by atoms with van der Waals surface area (Å²) in [7, 11) is 0. The maximum atomic E-state index is 13.4. The van der Waals surface area contributed by atoms with Crippen LogP contribution in [0.1, 0.15) is 71.1 Å². The van der Waals surface area contributed by atoms with Gasteiger partial charge in [-0.25, -0.2) is 0 Å². The SMILES string of the molecule is N#Cc1ccc(-c2ccc(CCNC(=O)c3ccc4c(c3O)[C@]35CCN(CC6CC6)[C@H](C4)C3(O)CCC(=O)C5)cc2)cc1. The summed E-state index contributed by atoms with van der Waals surface area (Å²) >= 11 is 0. The van der Waals surface area contributed by atoms with Gasteiger partial charge in [-0.1, -0.05) is 42.5 Å². The van der Waals surface area contributed by atoms with E-state index in [-0.39, 0.29) is 35.5 Å². The van der Waals surface area contributed by atoms with E-state index in [4.69, 9.17) is 5.26 Å². The molecule has 3 aromatic rings. The first-order valence-corrected chi connectivity index (χ1v) is 15.5. The zero-order valence-corrected chi connectivity index (χ0v) is 24.3. The maximum absolute atomic E-state index is 13.4. The minimum atomic E-state index is -1.10. The number of phenols is 1. The Kier molecular flexibility index (Phi) is 6.87. The molecule has 2 saturated carbocycles. The average molecular weight is 576 g/mol. The van der Waals surface area contributed by atoms with Crippen molar-refractivity contribution in [1.29, 1.82) is 5.26 Å². The van der Waals surface area contributed by atoms with Crippen LogP contribution in [0, 0.1) is 17.2 Å². The van der Waals surface area contributed by atoms with Gasteiger partial charge in [-0.2, -0.15) is 5.26 Å². The second kappa shape index (κ2) is 10.6. The Morgan fingerprint density at radius 1 is 1.02 bits per heavy atom. The number of nitriles is 1. The van der Waals surface area contributed by atoms with Crippen LogP contribution in [-0.2, 0) is 23.1 Å². The Morgan fingerprint density at radius 3 is 2.44 bits per heavy atom. The highest BCUT2D eigenvalue weighted by molar-refractivity contribution is 5.98. The normalized spacial score (nSPS) is 26.2. The molecule has 0 spiro atoms. The number of nitrogens with zero attached hydrogens (tertiary/aromatic N) is 2. The van der Waals surface area contributed by atoms with Crippen LogP contribution >= 0.6 is 0 Å². The van der Waals surface area contributed by atoms with Crippen LogP contribution < -0.4 is 5.32 Å². The summed E-state index contributed by atoms with van der Waals surface area (Å²) < 4.78 is 0. The van der Waals surface area contributed by atoms with Gasteiger partial charge in [0.15, 0.2) is 0 Å². The lowest BCUT2D eigenvalue weighted by Crippen LogP contribution is -2.73. The molecule has 3 fully saturated rings. The third-order valence-electron chi connectivity index (χ3n) is 10.5. The first-order chi connectivity index (χ1) is 20.8. The van der Waals surface area contributed by atoms with E-state index in [1.165, 1.54) is 12.8 Å². The molecule has 7 rings (SSSR count). The number of carbonyl (C=O) groups is 2. The lowest BCUT2D eigenvalue weighted by atomic mass is 9.49. The summed E-state index contributed by atoms with van der Waals surface area (Å²) in [6, 6.07) is 21.3. The van der Waals surface area contributed by atoms with Crippen LogP contribution in [0.5, 0.6) is 5.75 Å². The number of piperidine rings is 1. The zero-order chi connectivity index (χ0) is 29.8. The van der Waals surface area contributed by atoms with E-state index in [9.17, 15) is 19.8 Å². The molecule has 1 saturated heterocycles. The minimum absolute atomic E-state index is 0.0789. The highest BCUT2D eigenvalue weighted by Gasteiger charge is 2.65. The number of amides is 1. The van der Waals surface area contributed by atoms with Gasteiger partial charge in [-0.05, 0) is 91.4 Å². The molecular formula is C36H37N3O4. The predicted octanol–water partition coefficient (Wildman–Crippen LogP) is 4.67. The molecule has 43 heavy (non-hydrogen) atoms. The molecule has 1 unspecified atom stereocenters. The fraction of sp³-hybridized carbons (Fsp3) is 0.417. The van der Waals surface area contributed by atoms with Gasteiger partial charge in [0.2, 0.25) is 0 Å². The second-order valence-electron chi connectivity index (χ2n) is 13.0. The van der Waals surface area contributed by atoms with Crippen LogP contribution in [0.2, 0.25) is 0 Å². The van der Waals surface area contributed by atoms with E-state index < -0.39 is 11.0 Å². The molecule has 3 aliphatic carbocycles. The van der Waals surface area contributed by atoms with Crippen molar-refractivity contribution in [2.45, 2.75) is 68.4 Å². The topological polar surface area (TPSA) is 114 Å². The number of carbonyl (C=O) groups excluding carboxylic acids is 2. The quantitative estimate of drug-likeness (QED) is 0.378. The summed E-state index contributed by atoms with van der Waals surface area (Å²) in [5.74, 6) is 0.378. The van der Waals surface area contributed by atoms with Crippen molar-refractivity contribution in [2.24, 2.45) is 5.92 Å². The number of hydrogen-bond acceptors (Lipinski definition) is 6. The largest absolute Gasteiger partial charge is 0.507 e. The number of likely N-dealkylation sites (tertiary alicyclic amines) is 1. The van der Waals surface area contributed by atoms with Gasteiger partial charge in [0, 0.05) is 43.0 Å². The maximum Gasteiger partial charge on any atom is 0.255 e. The molecule has 7 nitrogen and oxygen atoms in total. The van der Waals surface area contributed by atoms with Gasteiger partial charge in [0.05, 0.1) is 22.8 Å². The number of aliphatic hydroxyl groups is 1. The van der Waals surface area contributed by atoms with E-state index >= 15 is 0 Å². The Hall–Kier alpha value is -3.99. The molecule has 2 bridgehead atoms. The van der Waals surface area contributed by atoms with Crippen LogP contribution in [0.15, 0.2) is 60.7 Å². The molecule has 220 valence electrons. The van der Waals surface area contributed by atoms with Crippen LogP contribution in [0.25, 0.3) is 11.1 Å². The number of aromatic hydroxyl groups is 1. The molecule has 3 atom stereocenters. The van der Waals surface area contributed by atoms with E-state index in [1.54, 1.807) is 18.2 Å². The van der Waals surface area contributed by atoms with Gasteiger partial charge in [0.1, 0.15) is 11.5 Å². The Morgan fingerprint density at radius 2 is 1.74 bits per heavy atom. The standard InChI is InChI=1S/C36H37N3O4/c37-21-24-5-9-27(10-6-24)26-7-3-23(4-8-26)14-17-38-34(42)30-12-11-28-19-31-36(43)15-13-29(40)20-35(36,32(28)33(30)41)16-18-39(31)22-25-1-2-25/h3-12,25,31,41,43H,1-2,13-20,22H2,(H,38,42)/t31-,35-,36?/m1/s1. The number of nitrogens with one attached hydrogen (secondary N) is 1. The van der Waals surface area contributed by atoms with Crippen LogP contribution in [0.3, 0.4) is 0 Å². The van der Waals surface area contributed by atoms with Crippen LogP contribution in [-0.4, -0.2) is 58.1 Å². The number of phenolic OH excluding ortho intramolecular Hbond substituents is 1. The van der Waals surface area contributed by atoms with E-state index in [2.05, 4.69) is 16.3 Å². The Balaban J connectivity index is 1.08. The lowest BCUT2D eigenvalue weighted by Gasteiger charge is -2.63.